The first-order valence-electron chi connectivity index (χ1n) is 11.0. The summed E-state index contributed by atoms with van der Waals surface area (Å²) in [6, 6.07) is 19.8. The van der Waals surface area contributed by atoms with Gasteiger partial charge in [-0.1, -0.05) is 81.4 Å². The average Bonchev–Trinajstić information content (AvgIpc) is 3.31. The van der Waals surface area contributed by atoms with E-state index in [0.29, 0.717) is 17.3 Å². The average molecular weight is 393 g/mol. The third kappa shape index (κ3) is 2.90. The highest BCUT2D eigenvalue weighted by molar-refractivity contribution is 5.25. The van der Waals surface area contributed by atoms with E-state index >= 15 is 0 Å². The maximum Gasteiger partial charge on any atom is 0.159 e. The molecule has 2 aliphatic carbocycles. The summed E-state index contributed by atoms with van der Waals surface area (Å²) in [5.74, 6) is 1.28. The van der Waals surface area contributed by atoms with Crippen LogP contribution in [0.5, 0.6) is 0 Å². The van der Waals surface area contributed by atoms with Crippen LogP contribution in [0, 0.1) is 22.7 Å². The van der Waals surface area contributed by atoms with E-state index in [1.165, 1.54) is 12.8 Å². The summed E-state index contributed by atoms with van der Waals surface area (Å²) < 4.78 is 13.1. The fourth-order valence-electron chi connectivity index (χ4n) is 6.54. The first-order chi connectivity index (χ1) is 13.9. The number of aliphatic hydroxyl groups is 1. The Morgan fingerprint density at radius 1 is 0.966 bits per heavy atom. The molecule has 0 spiro atoms. The lowest BCUT2D eigenvalue weighted by Crippen LogP contribution is -2.38. The van der Waals surface area contributed by atoms with Crippen molar-refractivity contribution in [3.8, 4) is 0 Å². The topological polar surface area (TPSA) is 38.7 Å². The van der Waals surface area contributed by atoms with Crippen molar-refractivity contribution >= 4 is 0 Å². The Bertz CT molecular complexity index is 849. The highest BCUT2D eigenvalue weighted by atomic mass is 16.7. The Labute approximate surface area is 174 Å². The molecule has 0 radical (unpaired) electrons. The SMILES string of the molecule is CC1(C)[C@@H]2CC[C@@]1(C)[C@@H]1O[C@@H](O[C@H](c3ccccc3)[C@@H](O)c3ccccc3)C[C@H]21. The first kappa shape index (κ1) is 19.3. The van der Waals surface area contributed by atoms with Crippen molar-refractivity contribution in [1.82, 2.24) is 0 Å². The zero-order chi connectivity index (χ0) is 20.2. The van der Waals surface area contributed by atoms with Gasteiger partial charge in [0.2, 0.25) is 0 Å². The van der Waals surface area contributed by atoms with E-state index in [2.05, 4.69) is 20.8 Å². The largest absolute Gasteiger partial charge is 0.385 e. The van der Waals surface area contributed by atoms with Crippen molar-refractivity contribution in [2.24, 2.45) is 22.7 Å². The van der Waals surface area contributed by atoms with Crippen LogP contribution in [-0.4, -0.2) is 17.5 Å². The smallest absolute Gasteiger partial charge is 0.159 e. The van der Waals surface area contributed by atoms with Crippen molar-refractivity contribution in [3.63, 3.8) is 0 Å². The van der Waals surface area contributed by atoms with Gasteiger partial charge in [-0.15, -0.1) is 0 Å². The van der Waals surface area contributed by atoms with Crippen LogP contribution >= 0.6 is 0 Å². The van der Waals surface area contributed by atoms with Gasteiger partial charge in [0.1, 0.15) is 12.2 Å². The number of hydrogen-bond donors (Lipinski definition) is 1. The van der Waals surface area contributed by atoms with E-state index in [1.54, 1.807) is 0 Å². The highest BCUT2D eigenvalue weighted by Gasteiger charge is 2.69. The van der Waals surface area contributed by atoms with Gasteiger partial charge in [0, 0.05) is 6.42 Å². The molecule has 154 valence electrons. The lowest BCUT2D eigenvalue weighted by Gasteiger charge is -2.39. The summed E-state index contributed by atoms with van der Waals surface area (Å²) in [5, 5.41) is 11.2. The summed E-state index contributed by atoms with van der Waals surface area (Å²) in [6.45, 7) is 7.26. The van der Waals surface area contributed by atoms with Crippen LogP contribution in [-0.2, 0) is 9.47 Å². The van der Waals surface area contributed by atoms with Gasteiger partial charge in [0.05, 0.1) is 6.10 Å². The molecule has 1 saturated heterocycles. The third-order valence-electron chi connectivity index (χ3n) is 8.52. The molecule has 2 bridgehead atoms. The van der Waals surface area contributed by atoms with Crippen molar-refractivity contribution in [2.45, 2.75) is 64.6 Å². The Balaban J connectivity index is 1.39. The number of hydrogen-bond acceptors (Lipinski definition) is 3. The van der Waals surface area contributed by atoms with Crippen LogP contribution in [0.4, 0.5) is 0 Å². The van der Waals surface area contributed by atoms with Gasteiger partial charge < -0.3 is 14.6 Å². The molecular weight excluding hydrogens is 360 g/mol. The molecule has 0 amide bonds. The van der Waals surface area contributed by atoms with E-state index < -0.39 is 12.2 Å². The standard InChI is InChI=1S/C26H32O3/c1-25(2)20-14-15-26(25,3)24-19(20)16-21(29-24)28-23(18-12-8-5-9-13-18)22(27)17-10-6-4-7-11-17/h4-13,19-24,27H,14-16H2,1-3H3/t19-,20-,21-,22+,23-,24-,26+/m1/s1. The molecule has 3 aliphatic rings. The summed E-state index contributed by atoms with van der Waals surface area (Å²) in [5.41, 5.74) is 2.41. The van der Waals surface area contributed by atoms with Crippen LogP contribution in [0.2, 0.25) is 0 Å². The second-order valence-electron chi connectivity index (χ2n) is 9.99. The summed E-state index contributed by atoms with van der Waals surface area (Å²) in [4.78, 5) is 0. The number of aliphatic hydroxyl groups excluding tert-OH is 1. The second kappa shape index (κ2) is 6.94. The first-order valence-corrected chi connectivity index (χ1v) is 11.0. The van der Waals surface area contributed by atoms with Crippen LogP contribution in [0.25, 0.3) is 0 Å². The Morgan fingerprint density at radius 2 is 1.59 bits per heavy atom. The third-order valence-corrected chi connectivity index (χ3v) is 8.52. The molecule has 1 aliphatic heterocycles. The lowest BCUT2D eigenvalue weighted by atomic mass is 9.70. The minimum absolute atomic E-state index is 0.223. The zero-order valence-corrected chi connectivity index (χ0v) is 17.6. The quantitative estimate of drug-likeness (QED) is 0.713. The van der Waals surface area contributed by atoms with Gasteiger partial charge in [-0.3, -0.25) is 0 Å². The summed E-state index contributed by atoms with van der Waals surface area (Å²) >= 11 is 0. The van der Waals surface area contributed by atoms with Crippen molar-refractivity contribution in [3.05, 3.63) is 71.8 Å². The molecule has 0 unspecified atom stereocenters. The normalized spacial score (nSPS) is 36.7. The monoisotopic (exact) mass is 392 g/mol. The predicted octanol–water partition coefficient (Wildman–Crippen LogP) is 5.67. The second-order valence-corrected chi connectivity index (χ2v) is 9.99. The molecule has 2 aromatic rings. The summed E-state index contributed by atoms with van der Waals surface area (Å²) in [6.07, 6.45) is 2.31. The molecule has 2 aromatic carbocycles. The molecule has 1 N–H and O–H groups in total. The number of benzene rings is 2. The van der Waals surface area contributed by atoms with Crippen LogP contribution in [0.15, 0.2) is 60.7 Å². The van der Waals surface area contributed by atoms with Crippen LogP contribution < -0.4 is 0 Å². The van der Waals surface area contributed by atoms with Gasteiger partial charge in [0.25, 0.3) is 0 Å². The summed E-state index contributed by atoms with van der Waals surface area (Å²) in [7, 11) is 0. The lowest BCUT2D eigenvalue weighted by molar-refractivity contribution is -0.206. The van der Waals surface area contributed by atoms with Gasteiger partial charge in [-0.25, -0.2) is 0 Å². The number of ether oxygens (including phenoxy) is 2. The van der Waals surface area contributed by atoms with E-state index in [9.17, 15) is 5.11 Å². The molecule has 7 atom stereocenters. The van der Waals surface area contributed by atoms with Crippen molar-refractivity contribution in [1.29, 1.82) is 0 Å². The molecule has 3 nitrogen and oxygen atoms in total. The molecule has 3 fully saturated rings. The predicted molar refractivity (Wildman–Crippen MR) is 113 cm³/mol. The zero-order valence-electron chi connectivity index (χ0n) is 17.6. The van der Waals surface area contributed by atoms with Crippen LogP contribution in [0.3, 0.4) is 0 Å². The highest BCUT2D eigenvalue weighted by Crippen LogP contribution is 2.71. The number of fused-ring (bicyclic) bond motifs is 5. The van der Waals surface area contributed by atoms with Gasteiger partial charge >= 0.3 is 0 Å². The molecule has 3 heteroatoms. The maximum atomic E-state index is 11.2. The number of rotatable bonds is 5. The molecule has 1 heterocycles. The van der Waals surface area contributed by atoms with Gasteiger partial charge in [-0.05, 0) is 46.6 Å². The van der Waals surface area contributed by atoms with Crippen molar-refractivity contribution < 1.29 is 14.6 Å². The molecule has 5 rings (SSSR count). The minimum atomic E-state index is -0.730. The fraction of sp³-hybridized carbons (Fsp3) is 0.538. The van der Waals surface area contributed by atoms with E-state index in [4.69, 9.17) is 9.47 Å². The minimum Gasteiger partial charge on any atom is -0.385 e. The van der Waals surface area contributed by atoms with E-state index in [1.807, 2.05) is 60.7 Å². The Hall–Kier alpha value is -1.68. The molecule has 29 heavy (non-hydrogen) atoms. The fourth-order valence-corrected chi connectivity index (χ4v) is 6.54. The van der Waals surface area contributed by atoms with Crippen molar-refractivity contribution in [2.75, 3.05) is 0 Å². The molecule has 2 saturated carbocycles. The van der Waals surface area contributed by atoms with E-state index in [-0.39, 0.29) is 17.8 Å². The Morgan fingerprint density at radius 3 is 2.21 bits per heavy atom. The molecule has 0 aromatic heterocycles. The van der Waals surface area contributed by atoms with Gasteiger partial charge in [0.15, 0.2) is 6.29 Å². The van der Waals surface area contributed by atoms with E-state index in [0.717, 1.165) is 17.5 Å². The molecular formula is C26H32O3. The maximum absolute atomic E-state index is 11.2. The Kier molecular flexibility index (Phi) is 4.62. The van der Waals surface area contributed by atoms with Gasteiger partial charge in [-0.2, -0.15) is 0 Å². The van der Waals surface area contributed by atoms with Crippen LogP contribution in [0.1, 0.15) is 63.4 Å².